The molecule has 1 saturated heterocycles. The van der Waals surface area contributed by atoms with Crippen LogP contribution in [0.15, 0.2) is 30.3 Å². The molecule has 0 aromatic heterocycles. The second-order valence-electron chi connectivity index (χ2n) is 6.57. The first-order valence-electron chi connectivity index (χ1n) is 8.49. The summed E-state index contributed by atoms with van der Waals surface area (Å²) in [6, 6.07) is 8.70. The summed E-state index contributed by atoms with van der Waals surface area (Å²) in [5.41, 5.74) is 1.54. The Morgan fingerprint density at radius 1 is 1.08 bits per heavy atom. The Morgan fingerprint density at radius 3 is 2.38 bits per heavy atom. The van der Waals surface area contributed by atoms with Crippen LogP contribution in [0.1, 0.15) is 33.6 Å². The molecule has 1 fully saturated rings. The summed E-state index contributed by atoms with van der Waals surface area (Å²) in [5, 5.41) is 11.3. The van der Waals surface area contributed by atoms with Gasteiger partial charge < -0.3 is 9.64 Å². The molecule has 0 atom stereocenters. The van der Waals surface area contributed by atoms with Crippen molar-refractivity contribution in [2.75, 3.05) is 25.1 Å². The van der Waals surface area contributed by atoms with Crippen molar-refractivity contribution >= 4 is 34.2 Å². The van der Waals surface area contributed by atoms with Crippen LogP contribution in [-0.4, -0.2) is 48.3 Å². The van der Waals surface area contributed by atoms with E-state index in [2.05, 4.69) is 4.90 Å². The van der Waals surface area contributed by atoms with Crippen LogP contribution in [0.2, 0.25) is 0 Å². The van der Waals surface area contributed by atoms with Gasteiger partial charge in [-0.15, -0.1) is 5.06 Å². The molecule has 0 saturated carbocycles. The summed E-state index contributed by atoms with van der Waals surface area (Å²) in [6.45, 7) is 1.37. The average Bonchev–Trinajstić information content (AvgIpc) is 2.69. The molecule has 2 aromatic carbocycles. The highest BCUT2D eigenvalue weighted by Gasteiger charge is 2.33. The second-order valence-corrected chi connectivity index (χ2v) is 6.57. The van der Waals surface area contributed by atoms with E-state index in [1.807, 2.05) is 12.1 Å². The van der Waals surface area contributed by atoms with Gasteiger partial charge in [0.25, 0.3) is 11.8 Å². The minimum absolute atomic E-state index is 0.0951. The third-order valence-electron chi connectivity index (χ3n) is 5.23. The number of imide groups is 1. The molecule has 134 valence electrons. The van der Waals surface area contributed by atoms with Crippen molar-refractivity contribution in [3.05, 3.63) is 41.5 Å². The Kier molecular flexibility index (Phi) is 3.88. The number of carbonyl (C=O) groups is 3. The third-order valence-corrected chi connectivity index (χ3v) is 5.23. The molecule has 0 spiro atoms. The van der Waals surface area contributed by atoms with Gasteiger partial charge in [-0.05, 0) is 31.0 Å². The lowest BCUT2D eigenvalue weighted by molar-refractivity contribution is -0.146. The molecule has 2 aliphatic heterocycles. The maximum Gasteiger partial charge on any atom is 0.308 e. The number of hydrogen-bond acceptors (Lipinski definition) is 6. The van der Waals surface area contributed by atoms with Crippen LogP contribution in [0.5, 0.6) is 0 Å². The number of esters is 1. The normalized spacial score (nSPS) is 17.8. The minimum Gasteiger partial charge on any atom is -0.469 e. The molecule has 7 nitrogen and oxygen atoms in total. The molecule has 0 radical (unpaired) electrons. The lowest BCUT2D eigenvalue weighted by atomic mass is 9.92. The molecule has 2 heterocycles. The average molecular weight is 354 g/mol. The number of methoxy groups -OCH3 is 1. The van der Waals surface area contributed by atoms with E-state index in [1.165, 1.54) is 7.11 Å². The molecule has 2 aromatic rings. The fraction of sp³-hybridized carbons (Fsp3) is 0.316. The maximum absolute atomic E-state index is 12.2. The van der Waals surface area contributed by atoms with Gasteiger partial charge in [-0.2, -0.15) is 0 Å². The SMILES string of the molecule is COC(=O)C1CCN(c2ccc3c4c(cccc24)C(=O)N(O)C3=O)CC1. The Morgan fingerprint density at radius 2 is 1.73 bits per heavy atom. The number of rotatable bonds is 2. The highest BCUT2D eigenvalue weighted by atomic mass is 16.5. The van der Waals surface area contributed by atoms with Crippen LogP contribution in [0.3, 0.4) is 0 Å². The molecule has 4 rings (SSSR count). The van der Waals surface area contributed by atoms with E-state index in [9.17, 15) is 19.6 Å². The molecular weight excluding hydrogens is 336 g/mol. The maximum atomic E-state index is 12.2. The van der Waals surface area contributed by atoms with E-state index in [1.54, 1.807) is 18.2 Å². The predicted octanol–water partition coefficient (Wildman–Crippen LogP) is 2.21. The molecule has 26 heavy (non-hydrogen) atoms. The number of benzene rings is 2. The van der Waals surface area contributed by atoms with E-state index in [0.29, 0.717) is 42.4 Å². The van der Waals surface area contributed by atoms with E-state index in [0.717, 1.165) is 11.1 Å². The van der Waals surface area contributed by atoms with E-state index in [-0.39, 0.29) is 17.0 Å². The van der Waals surface area contributed by atoms with Crippen molar-refractivity contribution in [1.29, 1.82) is 0 Å². The fourth-order valence-electron chi connectivity index (χ4n) is 3.87. The van der Waals surface area contributed by atoms with Crippen LogP contribution in [0.4, 0.5) is 5.69 Å². The highest BCUT2D eigenvalue weighted by Crippen LogP contribution is 2.37. The van der Waals surface area contributed by atoms with Gasteiger partial charge in [0.1, 0.15) is 0 Å². The zero-order valence-electron chi connectivity index (χ0n) is 14.3. The summed E-state index contributed by atoms with van der Waals surface area (Å²) in [5.74, 6) is -1.70. The number of hydroxylamine groups is 2. The number of ether oxygens (including phenoxy) is 1. The predicted molar refractivity (Wildman–Crippen MR) is 93.2 cm³/mol. The van der Waals surface area contributed by atoms with Crippen LogP contribution in [-0.2, 0) is 9.53 Å². The van der Waals surface area contributed by atoms with E-state index < -0.39 is 11.8 Å². The van der Waals surface area contributed by atoms with Gasteiger partial charge in [0, 0.05) is 29.5 Å². The molecule has 0 aliphatic carbocycles. The zero-order chi connectivity index (χ0) is 18.4. The molecule has 0 unspecified atom stereocenters. The van der Waals surface area contributed by atoms with Gasteiger partial charge in [0.15, 0.2) is 0 Å². The zero-order valence-corrected chi connectivity index (χ0v) is 14.3. The quantitative estimate of drug-likeness (QED) is 0.505. The summed E-state index contributed by atoms with van der Waals surface area (Å²) in [6.07, 6.45) is 1.38. The Balaban J connectivity index is 1.75. The number of carbonyl (C=O) groups excluding carboxylic acids is 3. The molecule has 2 aliphatic rings. The summed E-state index contributed by atoms with van der Waals surface area (Å²) in [7, 11) is 1.40. The number of piperidine rings is 1. The van der Waals surface area contributed by atoms with Crippen molar-refractivity contribution in [1.82, 2.24) is 5.06 Å². The van der Waals surface area contributed by atoms with Crippen LogP contribution in [0, 0.1) is 5.92 Å². The topological polar surface area (TPSA) is 87.2 Å². The largest absolute Gasteiger partial charge is 0.469 e. The van der Waals surface area contributed by atoms with Crippen molar-refractivity contribution in [2.24, 2.45) is 5.92 Å². The molecule has 2 amide bonds. The van der Waals surface area contributed by atoms with Gasteiger partial charge >= 0.3 is 5.97 Å². The molecular formula is C19H18N2O5. The number of nitrogens with zero attached hydrogens (tertiary/aromatic N) is 2. The Labute approximate surface area is 149 Å². The molecule has 0 bridgehead atoms. The lowest BCUT2D eigenvalue weighted by Gasteiger charge is -2.34. The van der Waals surface area contributed by atoms with Gasteiger partial charge in [-0.25, -0.2) is 0 Å². The van der Waals surface area contributed by atoms with E-state index >= 15 is 0 Å². The smallest absolute Gasteiger partial charge is 0.308 e. The molecule has 7 heteroatoms. The first-order valence-corrected chi connectivity index (χ1v) is 8.49. The van der Waals surface area contributed by atoms with Crippen molar-refractivity contribution in [3.8, 4) is 0 Å². The molecule has 1 N–H and O–H groups in total. The fourth-order valence-corrected chi connectivity index (χ4v) is 3.87. The van der Waals surface area contributed by atoms with Crippen molar-refractivity contribution < 1.29 is 24.3 Å². The lowest BCUT2D eigenvalue weighted by Crippen LogP contribution is -2.38. The van der Waals surface area contributed by atoms with Crippen LogP contribution < -0.4 is 4.90 Å². The third kappa shape index (κ3) is 2.35. The van der Waals surface area contributed by atoms with Gasteiger partial charge in [-0.1, -0.05) is 12.1 Å². The Bertz CT molecular complexity index is 909. The van der Waals surface area contributed by atoms with Crippen LogP contribution in [0.25, 0.3) is 10.8 Å². The van der Waals surface area contributed by atoms with Crippen molar-refractivity contribution in [2.45, 2.75) is 12.8 Å². The highest BCUT2D eigenvalue weighted by molar-refractivity contribution is 6.26. The monoisotopic (exact) mass is 354 g/mol. The van der Waals surface area contributed by atoms with Gasteiger partial charge in [-0.3, -0.25) is 19.6 Å². The van der Waals surface area contributed by atoms with Gasteiger partial charge in [0.2, 0.25) is 0 Å². The first kappa shape index (κ1) is 16.5. The minimum atomic E-state index is -0.713. The second kappa shape index (κ2) is 6.10. The summed E-state index contributed by atoms with van der Waals surface area (Å²) < 4.78 is 4.83. The number of hydrogen-bond donors (Lipinski definition) is 1. The van der Waals surface area contributed by atoms with Crippen molar-refractivity contribution in [3.63, 3.8) is 0 Å². The van der Waals surface area contributed by atoms with Gasteiger partial charge in [0.05, 0.1) is 24.2 Å². The Hall–Kier alpha value is -2.93. The number of anilines is 1. The van der Waals surface area contributed by atoms with Crippen LogP contribution >= 0.6 is 0 Å². The first-order chi connectivity index (χ1) is 12.5. The summed E-state index contributed by atoms with van der Waals surface area (Å²) in [4.78, 5) is 38.4. The number of amides is 2. The van der Waals surface area contributed by atoms with E-state index in [4.69, 9.17) is 4.74 Å². The standard InChI is InChI=1S/C19H18N2O5/c1-26-19(24)11-7-9-20(10-8-11)15-6-5-14-16-12(15)3-2-4-13(16)17(22)21(25)18(14)23/h2-6,11,25H,7-10H2,1H3. The summed E-state index contributed by atoms with van der Waals surface area (Å²) >= 11 is 0.